The van der Waals surface area contributed by atoms with E-state index in [0.29, 0.717) is 17.3 Å². The van der Waals surface area contributed by atoms with Crippen LogP contribution in [-0.4, -0.2) is 32.8 Å². The lowest BCUT2D eigenvalue weighted by molar-refractivity contribution is 0.145. The number of ether oxygens (including phenoxy) is 2. The number of fused-ring (bicyclic) bond motifs is 2. The van der Waals surface area contributed by atoms with Crippen molar-refractivity contribution in [3.8, 4) is 5.75 Å². The molecule has 0 atom stereocenters. The minimum Gasteiger partial charge on any atom is -0.495 e. The molecule has 0 radical (unpaired) electrons. The Morgan fingerprint density at radius 2 is 1.93 bits per heavy atom. The summed E-state index contributed by atoms with van der Waals surface area (Å²) in [7, 11) is 1.62. The zero-order chi connectivity index (χ0) is 18.9. The first-order chi connectivity index (χ1) is 13.1. The van der Waals surface area contributed by atoms with Crippen molar-refractivity contribution in [2.24, 2.45) is 0 Å². The number of methoxy groups -OCH3 is 1. The molecule has 2 aliphatic heterocycles. The van der Waals surface area contributed by atoms with E-state index >= 15 is 0 Å². The average molecular weight is 387 g/mol. The van der Waals surface area contributed by atoms with Gasteiger partial charge in [0.05, 0.1) is 12.8 Å². The SMILES string of the molecule is COc1ccc(Cl)c2c1N(C(=O)OCc1ccccc1)CC21CCNCC1. The van der Waals surface area contributed by atoms with Crippen molar-refractivity contribution in [1.82, 2.24) is 5.32 Å². The molecule has 0 saturated carbocycles. The van der Waals surface area contributed by atoms with Gasteiger partial charge in [-0.1, -0.05) is 41.9 Å². The summed E-state index contributed by atoms with van der Waals surface area (Å²) in [6.45, 7) is 2.61. The van der Waals surface area contributed by atoms with Crippen molar-refractivity contribution >= 4 is 23.4 Å². The van der Waals surface area contributed by atoms with Crippen LogP contribution >= 0.6 is 11.6 Å². The average Bonchev–Trinajstić information content (AvgIpc) is 3.03. The Labute approximate surface area is 164 Å². The first-order valence-corrected chi connectivity index (χ1v) is 9.58. The van der Waals surface area contributed by atoms with Crippen LogP contribution in [0.3, 0.4) is 0 Å². The molecule has 4 rings (SSSR count). The van der Waals surface area contributed by atoms with Gasteiger partial charge in [-0.3, -0.25) is 4.90 Å². The molecule has 5 nitrogen and oxygen atoms in total. The fourth-order valence-electron chi connectivity index (χ4n) is 4.21. The molecular formula is C21H23ClN2O3. The molecule has 6 heteroatoms. The second-order valence-corrected chi connectivity index (χ2v) is 7.54. The fraction of sp³-hybridized carbons (Fsp3) is 0.381. The Morgan fingerprint density at radius 3 is 2.63 bits per heavy atom. The molecule has 0 aliphatic carbocycles. The van der Waals surface area contributed by atoms with Gasteiger partial charge in [0.25, 0.3) is 0 Å². The maximum absolute atomic E-state index is 13.0. The predicted octanol–water partition coefficient (Wildman–Crippen LogP) is 4.13. The van der Waals surface area contributed by atoms with Gasteiger partial charge in [-0.05, 0) is 43.6 Å². The molecule has 2 aliphatic rings. The number of benzene rings is 2. The molecule has 0 aromatic heterocycles. The van der Waals surface area contributed by atoms with Gasteiger partial charge in [0.1, 0.15) is 12.4 Å². The molecule has 1 spiro atoms. The number of hydrogen-bond donors (Lipinski definition) is 1. The number of nitrogens with one attached hydrogen (secondary N) is 1. The summed E-state index contributed by atoms with van der Waals surface area (Å²) < 4.78 is 11.2. The van der Waals surface area contributed by atoms with Crippen LogP contribution in [-0.2, 0) is 16.8 Å². The zero-order valence-electron chi connectivity index (χ0n) is 15.3. The third kappa shape index (κ3) is 3.26. The van der Waals surface area contributed by atoms with Crippen LogP contribution in [0.1, 0.15) is 24.0 Å². The summed E-state index contributed by atoms with van der Waals surface area (Å²) in [6, 6.07) is 13.4. The molecule has 142 valence electrons. The number of halogens is 1. The second kappa shape index (κ2) is 7.41. The minimum atomic E-state index is -0.365. The summed E-state index contributed by atoms with van der Waals surface area (Å²) >= 11 is 6.61. The Bertz CT molecular complexity index is 835. The van der Waals surface area contributed by atoms with Crippen molar-refractivity contribution in [1.29, 1.82) is 0 Å². The maximum Gasteiger partial charge on any atom is 0.414 e. The molecule has 2 heterocycles. The lowest BCUT2D eigenvalue weighted by Gasteiger charge is -2.34. The third-order valence-electron chi connectivity index (χ3n) is 5.56. The van der Waals surface area contributed by atoms with Crippen LogP contribution < -0.4 is 15.0 Å². The van der Waals surface area contributed by atoms with Gasteiger partial charge in [-0.2, -0.15) is 0 Å². The highest BCUT2D eigenvalue weighted by molar-refractivity contribution is 6.32. The molecule has 0 unspecified atom stereocenters. The van der Waals surface area contributed by atoms with Crippen LogP contribution in [0.25, 0.3) is 0 Å². The van der Waals surface area contributed by atoms with E-state index in [1.807, 2.05) is 42.5 Å². The highest BCUT2D eigenvalue weighted by Gasteiger charge is 2.48. The fourth-order valence-corrected chi connectivity index (χ4v) is 4.56. The van der Waals surface area contributed by atoms with Crippen LogP contribution in [0.2, 0.25) is 5.02 Å². The molecule has 1 N–H and O–H groups in total. The number of anilines is 1. The van der Waals surface area contributed by atoms with Gasteiger partial charge in [0, 0.05) is 22.5 Å². The molecular weight excluding hydrogens is 364 g/mol. The molecule has 2 aromatic rings. The van der Waals surface area contributed by atoms with Gasteiger partial charge in [-0.15, -0.1) is 0 Å². The first-order valence-electron chi connectivity index (χ1n) is 9.20. The molecule has 1 saturated heterocycles. The van der Waals surface area contributed by atoms with Gasteiger partial charge in [-0.25, -0.2) is 4.79 Å². The van der Waals surface area contributed by atoms with Gasteiger partial charge in [0.2, 0.25) is 0 Å². The maximum atomic E-state index is 13.0. The van der Waals surface area contributed by atoms with Gasteiger partial charge >= 0.3 is 6.09 Å². The van der Waals surface area contributed by atoms with Crippen molar-refractivity contribution < 1.29 is 14.3 Å². The van der Waals surface area contributed by atoms with Crippen LogP contribution in [0.15, 0.2) is 42.5 Å². The lowest BCUT2D eigenvalue weighted by Crippen LogP contribution is -2.44. The topological polar surface area (TPSA) is 50.8 Å². The highest BCUT2D eigenvalue weighted by atomic mass is 35.5. The van der Waals surface area contributed by atoms with E-state index in [4.69, 9.17) is 21.1 Å². The van der Waals surface area contributed by atoms with E-state index in [1.54, 1.807) is 12.0 Å². The summed E-state index contributed by atoms with van der Waals surface area (Å²) in [5.41, 5.74) is 2.57. The predicted molar refractivity (Wildman–Crippen MR) is 106 cm³/mol. The third-order valence-corrected chi connectivity index (χ3v) is 5.87. The number of nitrogens with zero attached hydrogens (tertiary/aromatic N) is 1. The summed E-state index contributed by atoms with van der Waals surface area (Å²) in [5.74, 6) is 0.654. The summed E-state index contributed by atoms with van der Waals surface area (Å²) in [4.78, 5) is 14.7. The quantitative estimate of drug-likeness (QED) is 0.861. The van der Waals surface area contributed by atoms with Crippen LogP contribution in [0, 0.1) is 0 Å². The van der Waals surface area contributed by atoms with Crippen LogP contribution in [0.4, 0.5) is 10.5 Å². The van der Waals surface area contributed by atoms with Gasteiger partial charge < -0.3 is 14.8 Å². The largest absolute Gasteiger partial charge is 0.495 e. The van der Waals surface area contributed by atoms with Crippen LogP contribution in [0.5, 0.6) is 5.75 Å². The van der Waals surface area contributed by atoms with E-state index < -0.39 is 0 Å². The highest BCUT2D eigenvalue weighted by Crippen LogP contribution is 2.53. The van der Waals surface area contributed by atoms with E-state index in [1.165, 1.54) is 0 Å². The number of piperidine rings is 1. The number of carbonyl (C=O) groups excluding carboxylic acids is 1. The smallest absolute Gasteiger partial charge is 0.414 e. The van der Waals surface area contributed by atoms with Gasteiger partial charge in [0.15, 0.2) is 0 Å². The molecule has 0 bridgehead atoms. The Morgan fingerprint density at radius 1 is 1.19 bits per heavy atom. The number of amides is 1. The zero-order valence-corrected chi connectivity index (χ0v) is 16.1. The lowest BCUT2D eigenvalue weighted by atomic mass is 9.74. The Balaban J connectivity index is 1.66. The van der Waals surface area contributed by atoms with Crippen molar-refractivity contribution in [3.05, 3.63) is 58.6 Å². The monoisotopic (exact) mass is 386 g/mol. The molecule has 27 heavy (non-hydrogen) atoms. The number of carbonyl (C=O) groups is 1. The Hall–Kier alpha value is -2.24. The molecule has 2 aromatic carbocycles. The number of rotatable bonds is 3. The van der Waals surface area contributed by atoms with E-state index in [9.17, 15) is 4.79 Å². The second-order valence-electron chi connectivity index (χ2n) is 7.13. The van der Waals surface area contributed by atoms with E-state index in [0.717, 1.165) is 42.7 Å². The Kier molecular flexibility index (Phi) is 4.98. The number of hydrogen-bond acceptors (Lipinski definition) is 4. The van der Waals surface area contributed by atoms with E-state index in [-0.39, 0.29) is 18.1 Å². The standard InChI is InChI=1S/C21H23ClN2O3/c1-26-17-8-7-16(22)18-19(17)24(14-21(18)9-11-23-12-10-21)20(25)27-13-15-5-3-2-4-6-15/h2-8,23H,9-14H2,1H3. The summed E-state index contributed by atoms with van der Waals surface area (Å²) in [6.07, 6.45) is 1.49. The summed E-state index contributed by atoms with van der Waals surface area (Å²) in [5, 5.41) is 4.08. The molecule has 1 amide bonds. The molecule has 1 fully saturated rings. The van der Waals surface area contributed by atoms with Crippen molar-refractivity contribution in [2.45, 2.75) is 24.9 Å². The van der Waals surface area contributed by atoms with E-state index in [2.05, 4.69) is 5.32 Å². The first kappa shape index (κ1) is 18.1. The normalized spacial score (nSPS) is 17.6. The van der Waals surface area contributed by atoms with Crippen molar-refractivity contribution in [3.63, 3.8) is 0 Å². The van der Waals surface area contributed by atoms with Crippen molar-refractivity contribution in [2.75, 3.05) is 31.6 Å². The minimum absolute atomic E-state index is 0.155.